The van der Waals surface area contributed by atoms with Crippen molar-refractivity contribution in [2.45, 2.75) is 18.2 Å². The quantitative estimate of drug-likeness (QED) is 0.571. The van der Waals surface area contributed by atoms with Gasteiger partial charge in [0, 0.05) is 6.21 Å². The molecule has 0 unspecified atom stereocenters. The van der Waals surface area contributed by atoms with E-state index in [1.54, 1.807) is 24.4 Å². The third-order valence-electron chi connectivity index (χ3n) is 2.44. The predicted molar refractivity (Wildman–Crippen MR) is 82.7 cm³/mol. The van der Waals surface area contributed by atoms with E-state index in [9.17, 15) is 8.42 Å². The molecule has 0 radical (unpaired) electrons. The molecule has 106 valence electrons. The molecule has 0 atom stereocenters. The Hall–Kier alpha value is -2.14. The molecule has 1 rings (SSSR count). The van der Waals surface area contributed by atoms with E-state index < -0.39 is 10.0 Å². The van der Waals surface area contributed by atoms with Gasteiger partial charge < -0.3 is 0 Å². The zero-order valence-electron chi connectivity index (χ0n) is 11.5. The monoisotopic (exact) mass is 290 g/mol. The van der Waals surface area contributed by atoms with E-state index in [0.717, 1.165) is 4.31 Å². The second-order valence-electron chi connectivity index (χ2n) is 3.91. The molecule has 1 aromatic rings. The smallest absolute Gasteiger partial charge is 0.243 e. The number of hydrogen-bond donors (Lipinski definition) is 0. The number of rotatable bonds is 7. The van der Waals surface area contributed by atoms with E-state index in [2.05, 4.69) is 24.7 Å². The Morgan fingerprint density at radius 2 is 1.90 bits per heavy atom. The first-order valence-corrected chi connectivity index (χ1v) is 7.52. The van der Waals surface area contributed by atoms with Crippen LogP contribution in [-0.2, 0) is 10.0 Å². The van der Waals surface area contributed by atoms with Gasteiger partial charge in [-0.15, -0.1) is 0 Å². The Morgan fingerprint density at radius 1 is 1.30 bits per heavy atom. The van der Waals surface area contributed by atoms with Crippen LogP contribution >= 0.6 is 0 Å². The normalized spacial score (nSPS) is 11.2. The molecule has 4 nitrogen and oxygen atoms in total. The van der Waals surface area contributed by atoms with Crippen LogP contribution in [0, 0.1) is 0 Å². The second kappa shape index (κ2) is 6.86. The van der Waals surface area contributed by atoms with Gasteiger partial charge in [-0.05, 0) is 24.6 Å². The van der Waals surface area contributed by atoms with Gasteiger partial charge in [0.2, 0.25) is 0 Å². The van der Waals surface area contributed by atoms with Crippen LogP contribution in [-0.4, -0.2) is 18.9 Å². The zero-order chi connectivity index (χ0) is 15.2. The largest absolute Gasteiger partial charge is 0.269 e. The van der Waals surface area contributed by atoms with Gasteiger partial charge in [0.05, 0.1) is 10.6 Å². The fourth-order valence-electron chi connectivity index (χ4n) is 1.49. The third kappa shape index (κ3) is 3.45. The zero-order valence-corrected chi connectivity index (χ0v) is 12.3. The molecule has 0 saturated heterocycles. The van der Waals surface area contributed by atoms with E-state index in [-0.39, 0.29) is 16.4 Å². The van der Waals surface area contributed by atoms with E-state index in [1.165, 1.54) is 18.2 Å². The Labute approximate surface area is 120 Å². The summed E-state index contributed by atoms with van der Waals surface area (Å²) in [6, 6.07) is 8.07. The average Bonchev–Trinajstić information content (AvgIpc) is 2.45. The SMILES string of the molecule is C=CC(=C)N(C(=C)/N=C\CC)S(=O)(=O)c1ccccc1. The van der Waals surface area contributed by atoms with Crippen LogP contribution in [0.5, 0.6) is 0 Å². The number of allylic oxidation sites excluding steroid dienone is 1. The van der Waals surface area contributed by atoms with Crippen molar-refractivity contribution in [3.8, 4) is 0 Å². The maximum atomic E-state index is 12.6. The van der Waals surface area contributed by atoms with Crippen LogP contribution in [0.3, 0.4) is 0 Å². The van der Waals surface area contributed by atoms with Crippen molar-refractivity contribution >= 4 is 16.2 Å². The predicted octanol–water partition coefficient (Wildman–Crippen LogP) is 3.33. The molecule has 0 heterocycles. The lowest BCUT2D eigenvalue weighted by atomic mass is 10.4. The maximum absolute atomic E-state index is 12.6. The van der Waals surface area contributed by atoms with Gasteiger partial charge in [-0.1, -0.05) is 44.9 Å². The molecule has 0 aliphatic rings. The van der Waals surface area contributed by atoms with Crippen LogP contribution in [0.2, 0.25) is 0 Å². The summed E-state index contributed by atoms with van der Waals surface area (Å²) in [5, 5.41) is 0. The summed E-state index contributed by atoms with van der Waals surface area (Å²) < 4.78 is 26.2. The lowest BCUT2D eigenvalue weighted by Gasteiger charge is -2.23. The highest BCUT2D eigenvalue weighted by molar-refractivity contribution is 7.89. The molecule has 0 bridgehead atoms. The summed E-state index contributed by atoms with van der Waals surface area (Å²) in [7, 11) is -3.79. The number of benzene rings is 1. The standard InChI is InChI=1S/C15H18N2O2S/c1-5-12-16-14(4)17(13(3)6-2)20(18,19)15-10-8-7-9-11-15/h6-12H,2-5H2,1H3/b16-12-. The molecule has 0 spiro atoms. The highest BCUT2D eigenvalue weighted by atomic mass is 32.2. The fraction of sp³-hybridized carbons (Fsp3) is 0.133. The lowest BCUT2D eigenvalue weighted by Crippen LogP contribution is -2.28. The molecule has 0 aromatic heterocycles. The first kappa shape index (κ1) is 15.9. The third-order valence-corrected chi connectivity index (χ3v) is 4.23. The molecule has 1 aromatic carbocycles. The highest BCUT2D eigenvalue weighted by Crippen LogP contribution is 2.24. The minimum absolute atomic E-state index is 0.0839. The lowest BCUT2D eigenvalue weighted by molar-refractivity contribution is 0.531. The Morgan fingerprint density at radius 3 is 2.40 bits per heavy atom. The number of nitrogens with zero attached hydrogens (tertiary/aromatic N) is 2. The number of sulfonamides is 1. The number of hydrogen-bond acceptors (Lipinski definition) is 3. The summed E-state index contributed by atoms with van der Waals surface area (Å²) in [4.78, 5) is 4.17. The summed E-state index contributed by atoms with van der Waals surface area (Å²) in [6.07, 6.45) is 3.62. The van der Waals surface area contributed by atoms with Crippen molar-refractivity contribution in [1.29, 1.82) is 0 Å². The van der Waals surface area contributed by atoms with Crippen LogP contribution in [0.15, 0.2) is 77.6 Å². The van der Waals surface area contributed by atoms with Crippen LogP contribution in [0.4, 0.5) is 0 Å². The van der Waals surface area contributed by atoms with Crippen molar-refractivity contribution in [2.75, 3.05) is 0 Å². The van der Waals surface area contributed by atoms with Crippen molar-refractivity contribution < 1.29 is 8.42 Å². The van der Waals surface area contributed by atoms with Crippen LogP contribution < -0.4 is 0 Å². The fourth-order valence-corrected chi connectivity index (χ4v) is 2.91. The first-order valence-electron chi connectivity index (χ1n) is 6.08. The molecule has 5 heteroatoms. The topological polar surface area (TPSA) is 49.7 Å². The van der Waals surface area contributed by atoms with Gasteiger partial charge in [0.25, 0.3) is 10.0 Å². The minimum Gasteiger partial charge on any atom is -0.243 e. The van der Waals surface area contributed by atoms with E-state index in [0.29, 0.717) is 6.42 Å². The van der Waals surface area contributed by atoms with E-state index in [1.807, 2.05) is 6.92 Å². The molecule has 0 amide bonds. The number of aliphatic imine (C=N–C) groups is 1. The molecule has 0 fully saturated rings. The van der Waals surface area contributed by atoms with E-state index in [4.69, 9.17) is 0 Å². The van der Waals surface area contributed by atoms with Gasteiger partial charge in [-0.25, -0.2) is 17.7 Å². The van der Waals surface area contributed by atoms with Gasteiger partial charge in [-0.3, -0.25) is 0 Å². The van der Waals surface area contributed by atoms with Gasteiger partial charge >= 0.3 is 0 Å². The molecule has 20 heavy (non-hydrogen) atoms. The molecule has 0 aliphatic heterocycles. The average molecular weight is 290 g/mol. The minimum atomic E-state index is -3.79. The molecular formula is C15H18N2O2S. The first-order chi connectivity index (χ1) is 9.45. The van der Waals surface area contributed by atoms with Crippen LogP contribution in [0.25, 0.3) is 0 Å². The molecule has 0 saturated carbocycles. The van der Waals surface area contributed by atoms with Gasteiger partial charge in [0.15, 0.2) is 0 Å². The van der Waals surface area contributed by atoms with Gasteiger partial charge in [-0.2, -0.15) is 0 Å². The molecular weight excluding hydrogens is 272 g/mol. The second-order valence-corrected chi connectivity index (χ2v) is 5.70. The van der Waals surface area contributed by atoms with Crippen molar-refractivity contribution in [1.82, 2.24) is 4.31 Å². The summed E-state index contributed by atoms with van der Waals surface area (Å²) in [5.41, 5.74) is 0.201. The Bertz CT molecular complexity index is 631. The Kier molecular flexibility index (Phi) is 5.46. The molecule has 0 aliphatic carbocycles. The van der Waals surface area contributed by atoms with E-state index >= 15 is 0 Å². The van der Waals surface area contributed by atoms with Gasteiger partial charge in [0.1, 0.15) is 5.82 Å². The van der Waals surface area contributed by atoms with Crippen LogP contribution in [0.1, 0.15) is 13.3 Å². The summed E-state index contributed by atoms with van der Waals surface area (Å²) >= 11 is 0. The highest BCUT2D eigenvalue weighted by Gasteiger charge is 2.26. The Balaban J connectivity index is 3.31. The summed E-state index contributed by atoms with van der Waals surface area (Å²) in [6.45, 7) is 12.8. The van der Waals surface area contributed by atoms with Crippen molar-refractivity contribution in [3.63, 3.8) is 0 Å². The van der Waals surface area contributed by atoms with Crippen molar-refractivity contribution in [2.24, 2.45) is 4.99 Å². The maximum Gasteiger partial charge on any atom is 0.269 e. The van der Waals surface area contributed by atoms with Crippen molar-refractivity contribution in [3.05, 3.63) is 67.7 Å². The summed E-state index contributed by atoms with van der Waals surface area (Å²) in [5.74, 6) is 0.0839. The molecule has 0 N–H and O–H groups in total.